The van der Waals surface area contributed by atoms with Crippen LogP contribution in [0.4, 0.5) is 5.69 Å². The molecule has 1 heterocycles. The van der Waals surface area contributed by atoms with Gasteiger partial charge in [0.15, 0.2) is 0 Å². The molecule has 0 bridgehead atoms. The van der Waals surface area contributed by atoms with Crippen LogP contribution in [0.5, 0.6) is 0 Å². The Morgan fingerprint density at radius 2 is 1.94 bits per heavy atom. The molecule has 0 aliphatic heterocycles. The third-order valence-electron chi connectivity index (χ3n) is 2.44. The molecule has 2 nitrogen and oxygen atoms in total. The van der Waals surface area contributed by atoms with Gasteiger partial charge in [-0.3, -0.25) is 4.98 Å². The first kappa shape index (κ1) is 12.6. The molecule has 1 N–H and O–H groups in total. The molecule has 2 aromatic rings. The lowest BCUT2D eigenvalue weighted by atomic mass is 10.1. The van der Waals surface area contributed by atoms with Crippen LogP contribution < -0.4 is 5.32 Å². The smallest absolute Gasteiger partial charge is 0.0542 e. The SMILES string of the molecule is CC(Nc1cncc(Br)c1)c1cccc(Br)c1. The fourth-order valence-electron chi connectivity index (χ4n) is 1.60. The van der Waals surface area contributed by atoms with Crippen molar-refractivity contribution >= 4 is 37.5 Å². The molecule has 17 heavy (non-hydrogen) atoms. The van der Waals surface area contributed by atoms with Gasteiger partial charge in [0.05, 0.1) is 11.9 Å². The van der Waals surface area contributed by atoms with E-state index in [1.54, 1.807) is 6.20 Å². The molecule has 1 unspecified atom stereocenters. The van der Waals surface area contributed by atoms with Gasteiger partial charge in [-0.25, -0.2) is 0 Å². The first-order chi connectivity index (χ1) is 8.15. The van der Waals surface area contributed by atoms with Gasteiger partial charge in [0, 0.05) is 21.2 Å². The van der Waals surface area contributed by atoms with Crippen LogP contribution in [0.2, 0.25) is 0 Å². The van der Waals surface area contributed by atoms with Crippen molar-refractivity contribution in [1.29, 1.82) is 0 Å². The van der Waals surface area contributed by atoms with Gasteiger partial charge in [-0.05, 0) is 46.6 Å². The Kier molecular flexibility index (Phi) is 4.18. The summed E-state index contributed by atoms with van der Waals surface area (Å²) in [5.41, 5.74) is 2.24. The predicted molar refractivity (Wildman–Crippen MR) is 78.1 cm³/mol. The highest BCUT2D eigenvalue weighted by Gasteiger charge is 2.05. The number of hydrogen-bond donors (Lipinski definition) is 1. The number of aromatic nitrogens is 1. The van der Waals surface area contributed by atoms with Crippen LogP contribution in [-0.2, 0) is 0 Å². The molecule has 0 amide bonds. The van der Waals surface area contributed by atoms with Gasteiger partial charge in [0.2, 0.25) is 0 Å². The van der Waals surface area contributed by atoms with E-state index in [2.05, 4.69) is 61.2 Å². The lowest BCUT2D eigenvalue weighted by molar-refractivity contribution is 0.881. The number of hydrogen-bond acceptors (Lipinski definition) is 2. The first-order valence-corrected chi connectivity index (χ1v) is 6.86. The second-order valence-corrected chi connectivity index (χ2v) is 5.64. The summed E-state index contributed by atoms with van der Waals surface area (Å²) in [5.74, 6) is 0. The fourth-order valence-corrected chi connectivity index (χ4v) is 2.38. The van der Waals surface area contributed by atoms with Crippen LogP contribution in [0.25, 0.3) is 0 Å². The number of anilines is 1. The highest BCUT2D eigenvalue weighted by Crippen LogP contribution is 2.23. The van der Waals surface area contributed by atoms with Crippen LogP contribution >= 0.6 is 31.9 Å². The van der Waals surface area contributed by atoms with Gasteiger partial charge in [-0.15, -0.1) is 0 Å². The topological polar surface area (TPSA) is 24.9 Å². The third kappa shape index (κ3) is 3.54. The van der Waals surface area contributed by atoms with E-state index in [0.717, 1.165) is 14.6 Å². The van der Waals surface area contributed by atoms with Gasteiger partial charge in [0.1, 0.15) is 0 Å². The predicted octanol–water partition coefficient (Wildman–Crippen LogP) is 4.78. The van der Waals surface area contributed by atoms with Gasteiger partial charge >= 0.3 is 0 Å². The van der Waals surface area contributed by atoms with Gasteiger partial charge < -0.3 is 5.32 Å². The van der Waals surface area contributed by atoms with Gasteiger partial charge in [-0.1, -0.05) is 28.1 Å². The summed E-state index contributed by atoms with van der Waals surface area (Å²) < 4.78 is 2.07. The Bertz CT molecular complexity index is 514. The number of benzene rings is 1. The monoisotopic (exact) mass is 354 g/mol. The van der Waals surface area contributed by atoms with Crippen LogP contribution in [0, 0.1) is 0 Å². The van der Waals surface area contributed by atoms with Crippen molar-refractivity contribution in [3.05, 3.63) is 57.2 Å². The second kappa shape index (κ2) is 5.65. The molecule has 0 saturated carbocycles. The molecule has 0 spiro atoms. The molecule has 4 heteroatoms. The highest BCUT2D eigenvalue weighted by molar-refractivity contribution is 9.10. The number of nitrogens with zero attached hydrogens (tertiary/aromatic N) is 1. The van der Waals surface area contributed by atoms with Crippen molar-refractivity contribution in [1.82, 2.24) is 4.98 Å². The summed E-state index contributed by atoms with van der Waals surface area (Å²) in [7, 11) is 0. The number of halogens is 2. The Morgan fingerprint density at radius 3 is 2.65 bits per heavy atom. The zero-order valence-corrected chi connectivity index (χ0v) is 12.5. The number of pyridine rings is 1. The molecular weight excluding hydrogens is 344 g/mol. The Morgan fingerprint density at radius 1 is 1.12 bits per heavy atom. The van der Waals surface area contributed by atoms with Crippen LogP contribution in [0.3, 0.4) is 0 Å². The highest BCUT2D eigenvalue weighted by atomic mass is 79.9. The van der Waals surface area contributed by atoms with Crippen LogP contribution in [0.15, 0.2) is 51.7 Å². The molecule has 0 aliphatic rings. The summed E-state index contributed by atoms with van der Waals surface area (Å²) in [5, 5.41) is 3.41. The summed E-state index contributed by atoms with van der Waals surface area (Å²) >= 11 is 6.89. The zero-order valence-electron chi connectivity index (χ0n) is 9.32. The standard InChI is InChI=1S/C13H12Br2N2/c1-9(10-3-2-4-11(14)5-10)17-13-6-12(15)7-16-8-13/h2-9,17H,1H3. The molecule has 0 aliphatic carbocycles. The van der Waals surface area contributed by atoms with Crippen molar-refractivity contribution in [2.75, 3.05) is 5.32 Å². The van der Waals surface area contributed by atoms with E-state index < -0.39 is 0 Å². The molecule has 2 rings (SSSR count). The summed E-state index contributed by atoms with van der Waals surface area (Å²) in [4.78, 5) is 4.13. The maximum atomic E-state index is 4.13. The minimum absolute atomic E-state index is 0.239. The lowest BCUT2D eigenvalue weighted by Gasteiger charge is -2.15. The molecular formula is C13H12Br2N2. The van der Waals surface area contributed by atoms with Crippen molar-refractivity contribution in [3.8, 4) is 0 Å². The second-order valence-electron chi connectivity index (χ2n) is 3.81. The van der Waals surface area contributed by atoms with E-state index in [9.17, 15) is 0 Å². The minimum atomic E-state index is 0.239. The lowest BCUT2D eigenvalue weighted by Crippen LogP contribution is -2.06. The van der Waals surface area contributed by atoms with Crippen molar-refractivity contribution < 1.29 is 0 Å². The van der Waals surface area contributed by atoms with Crippen molar-refractivity contribution in [2.24, 2.45) is 0 Å². The van der Waals surface area contributed by atoms with E-state index in [0.29, 0.717) is 0 Å². The minimum Gasteiger partial charge on any atom is -0.377 e. The van der Waals surface area contributed by atoms with E-state index in [4.69, 9.17) is 0 Å². The molecule has 1 aromatic carbocycles. The van der Waals surface area contributed by atoms with E-state index in [-0.39, 0.29) is 6.04 Å². The summed E-state index contributed by atoms with van der Waals surface area (Å²) in [6.07, 6.45) is 3.59. The molecule has 88 valence electrons. The molecule has 0 fully saturated rings. The quantitative estimate of drug-likeness (QED) is 0.856. The summed E-state index contributed by atoms with van der Waals surface area (Å²) in [6, 6.07) is 10.5. The van der Waals surface area contributed by atoms with Crippen LogP contribution in [0.1, 0.15) is 18.5 Å². The van der Waals surface area contributed by atoms with E-state index >= 15 is 0 Å². The third-order valence-corrected chi connectivity index (χ3v) is 3.36. The molecule has 0 radical (unpaired) electrons. The Hall–Kier alpha value is -0.870. The van der Waals surface area contributed by atoms with Gasteiger partial charge in [-0.2, -0.15) is 0 Å². The molecule has 1 aromatic heterocycles. The average molecular weight is 356 g/mol. The largest absolute Gasteiger partial charge is 0.377 e. The maximum Gasteiger partial charge on any atom is 0.0542 e. The average Bonchev–Trinajstić information content (AvgIpc) is 2.29. The fraction of sp³-hybridized carbons (Fsp3) is 0.154. The Labute approximate surface area is 118 Å². The number of rotatable bonds is 3. The number of nitrogens with one attached hydrogen (secondary N) is 1. The molecule has 0 saturated heterocycles. The van der Waals surface area contributed by atoms with E-state index in [1.165, 1.54) is 5.56 Å². The first-order valence-electron chi connectivity index (χ1n) is 5.28. The zero-order chi connectivity index (χ0) is 12.3. The Balaban J connectivity index is 2.14. The van der Waals surface area contributed by atoms with Crippen LogP contribution in [-0.4, -0.2) is 4.98 Å². The molecule has 1 atom stereocenters. The van der Waals surface area contributed by atoms with Crippen molar-refractivity contribution in [2.45, 2.75) is 13.0 Å². The normalized spacial score (nSPS) is 12.2. The maximum absolute atomic E-state index is 4.13. The summed E-state index contributed by atoms with van der Waals surface area (Å²) in [6.45, 7) is 2.13. The van der Waals surface area contributed by atoms with E-state index in [1.807, 2.05) is 24.4 Å². The van der Waals surface area contributed by atoms with Crippen molar-refractivity contribution in [3.63, 3.8) is 0 Å². The van der Waals surface area contributed by atoms with Gasteiger partial charge in [0.25, 0.3) is 0 Å².